The van der Waals surface area contributed by atoms with Gasteiger partial charge in [0.05, 0.1) is 12.0 Å². The van der Waals surface area contributed by atoms with Gasteiger partial charge >= 0.3 is 11.9 Å². The van der Waals surface area contributed by atoms with Gasteiger partial charge in [0.1, 0.15) is 6.04 Å². The highest BCUT2D eigenvalue weighted by Gasteiger charge is 2.24. The summed E-state index contributed by atoms with van der Waals surface area (Å²) in [6.07, 6.45) is 1.13. The second-order valence-corrected chi connectivity index (χ2v) is 4.51. The maximum atomic E-state index is 11.9. The highest BCUT2D eigenvalue weighted by molar-refractivity contribution is 7.98. The number of thioether (sulfide) groups is 1. The Morgan fingerprint density at radius 3 is 2.42 bits per heavy atom. The van der Waals surface area contributed by atoms with Gasteiger partial charge in [-0.05, 0) is 18.4 Å². The Labute approximate surface area is 113 Å². The molecule has 0 unspecified atom stereocenters. The second-order valence-electron chi connectivity index (χ2n) is 3.66. The lowest BCUT2D eigenvalue weighted by atomic mass is 10.1. The van der Waals surface area contributed by atoms with E-state index in [1.54, 1.807) is 30.5 Å². The molecular weight excluding hydrogens is 270 g/mol. The molecule has 1 amide bonds. The molecule has 0 aliphatic heterocycles. The number of benzene rings is 1. The van der Waals surface area contributed by atoms with Crippen LogP contribution in [0.1, 0.15) is 16.8 Å². The maximum Gasteiger partial charge on any atom is 0.326 e. The Bertz CT molecular complexity index is 503. The number of carboxylic acid groups (broad SMARTS) is 2. The van der Waals surface area contributed by atoms with Crippen LogP contribution in [-0.2, 0) is 9.59 Å². The molecule has 19 heavy (non-hydrogen) atoms. The van der Waals surface area contributed by atoms with Crippen molar-refractivity contribution in [3.63, 3.8) is 0 Å². The van der Waals surface area contributed by atoms with Crippen molar-refractivity contribution >= 4 is 29.6 Å². The molecule has 3 N–H and O–H groups in total. The first kappa shape index (κ1) is 15.0. The van der Waals surface area contributed by atoms with Crippen molar-refractivity contribution in [3.05, 3.63) is 29.8 Å². The van der Waals surface area contributed by atoms with Gasteiger partial charge in [-0.3, -0.25) is 9.59 Å². The molecular formula is C12H13NO5S. The fourth-order valence-electron chi connectivity index (χ4n) is 1.44. The quantitative estimate of drug-likeness (QED) is 0.675. The average molecular weight is 283 g/mol. The lowest BCUT2D eigenvalue weighted by Gasteiger charge is -2.13. The van der Waals surface area contributed by atoms with Crippen LogP contribution in [0.4, 0.5) is 0 Å². The smallest absolute Gasteiger partial charge is 0.326 e. The molecule has 0 aliphatic rings. The van der Waals surface area contributed by atoms with Gasteiger partial charge in [-0.15, -0.1) is 11.8 Å². The first-order valence-corrected chi connectivity index (χ1v) is 6.56. The van der Waals surface area contributed by atoms with E-state index < -0.39 is 30.3 Å². The van der Waals surface area contributed by atoms with Gasteiger partial charge in [-0.1, -0.05) is 12.1 Å². The number of hydrogen-bond acceptors (Lipinski definition) is 4. The maximum absolute atomic E-state index is 11.9. The van der Waals surface area contributed by atoms with Gasteiger partial charge < -0.3 is 15.5 Å². The summed E-state index contributed by atoms with van der Waals surface area (Å²) in [7, 11) is 0. The highest BCUT2D eigenvalue weighted by atomic mass is 32.2. The van der Waals surface area contributed by atoms with E-state index in [9.17, 15) is 14.4 Å². The molecule has 0 saturated heterocycles. The number of hydrogen-bond donors (Lipinski definition) is 3. The number of amides is 1. The molecule has 0 saturated carbocycles. The van der Waals surface area contributed by atoms with Crippen molar-refractivity contribution in [2.24, 2.45) is 0 Å². The molecule has 0 bridgehead atoms. The minimum absolute atomic E-state index is 0.326. The highest BCUT2D eigenvalue weighted by Crippen LogP contribution is 2.19. The first-order chi connectivity index (χ1) is 8.95. The van der Waals surface area contributed by atoms with E-state index in [1.165, 1.54) is 11.8 Å². The lowest BCUT2D eigenvalue weighted by molar-refractivity contribution is -0.145. The zero-order chi connectivity index (χ0) is 14.4. The number of aliphatic carboxylic acids is 2. The predicted octanol–water partition coefficient (Wildman–Crippen LogP) is 1.07. The minimum atomic E-state index is -1.44. The van der Waals surface area contributed by atoms with Crippen LogP contribution in [-0.4, -0.2) is 40.4 Å². The topological polar surface area (TPSA) is 104 Å². The molecule has 0 fully saturated rings. The van der Waals surface area contributed by atoms with Gasteiger partial charge in [0, 0.05) is 4.90 Å². The molecule has 0 aliphatic carbocycles. The van der Waals surface area contributed by atoms with Gasteiger partial charge in [-0.2, -0.15) is 0 Å². The number of carbonyl (C=O) groups is 3. The van der Waals surface area contributed by atoms with E-state index in [1.807, 2.05) is 0 Å². The molecule has 0 radical (unpaired) electrons. The third-order valence-corrected chi connectivity index (χ3v) is 3.13. The van der Waals surface area contributed by atoms with Crippen molar-refractivity contribution in [1.82, 2.24) is 5.32 Å². The summed E-state index contributed by atoms with van der Waals surface area (Å²) in [4.78, 5) is 34.0. The van der Waals surface area contributed by atoms with Crippen LogP contribution < -0.4 is 5.32 Å². The summed E-state index contributed by atoms with van der Waals surface area (Å²) >= 11 is 1.35. The fourth-order valence-corrected chi connectivity index (χ4v) is 2.04. The fraction of sp³-hybridized carbons (Fsp3) is 0.250. The molecule has 0 heterocycles. The Hall–Kier alpha value is -2.02. The standard InChI is InChI=1S/C12H13NO5S/c1-19-9-5-3-2-4-7(9)11(16)13-8(12(17)18)6-10(14)15/h2-5,8H,6H2,1H3,(H,13,16)(H,14,15)(H,17,18)/t8-/m0/s1. The largest absolute Gasteiger partial charge is 0.481 e. The Morgan fingerprint density at radius 2 is 1.89 bits per heavy atom. The van der Waals surface area contributed by atoms with E-state index >= 15 is 0 Å². The Balaban J connectivity index is 2.87. The van der Waals surface area contributed by atoms with Crippen LogP contribution >= 0.6 is 11.8 Å². The first-order valence-electron chi connectivity index (χ1n) is 5.34. The lowest BCUT2D eigenvalue weighted by Crippen LogP contribution is -2.42. The average Bonchev–Trinajstić information content (AvgIpc) is 2.37. The van der Waals surface area contributed by atoms with E-state index in [4.69, 9.17) is 10.2 Å². The monoisotopic (exact) mass is 283 g/mol. The van der Waals surface area contributed by atoms with Gasteiger partial charge in [0.15, 0.2) is 0 Å². The van der Waals surface area contributed by atoms with Crippen molar-refractivity contribution in [2.45, 2.75) is 17.4 Å². The third-order valence-electron chi connectivity index (χ3n) is 2.33. The third kappa shape index (κ3) is 4.29. The molecule has 102 valence electrons. The molecule has 1 atom stereocenters. The van der Waals surface area contributed by atoms with Crippen LogP contribution in [0.5, 0.6) is 0 Å². The molecule has 1 rings (SSSR count). The van der Waals surface area contributed by atoms with Gasteiger partial charge in [0.2, 0.25) is 0 Å². The van der Waals surface area contributed by atoms with Gasteiger partial charge in [0.25, 0.3) is 5.91 Å². The van der Waals surface area contributed by atoms with Crippen molar-refractivity contribution in [1.29, 1.82) is 0 Å². The van der Waals surface area contributed by atoms with E-state index in [-0.39, 0.29) is 0 Å². The zero-order valence-corrected chi connectivity index (χ0v) is 10.9. The summed E-state index contributed by atoms with van der Waals surface area (Å²) in [5.74, 6) is -3.26. The van der Waals surface area contributed by atoms with Crippen molar-refractivity contribution < 1.29 is 24.6 Å². The number of carbonyl (C=O) groups excluding carboxylic acids is 1. The summed E-state index contributed by atoms with van der Waals surface area (Å²) in [6, 6.07) is 5.25. The predicted molar refractivity (Wildman–Crippen MR) is 69.4 cm³/mol. The van der Waals surface area contributed by atoms with E-state index in [2.05, 4.69) is 5.32 Å². The molecule has 0 spiro atoms. The molecule has 1 aromatic rings. The van der Waals surface area contributed by atoms with Crippen molar-refractivity contribution in [3.8, 4) is 0 Å². The summed E-state index contributed by atoms with van der Waals surface area (Å²) < 4.78 is 0. The van der Waals surface area contributed by atoms with E-state index in [0.29, 0.717) is 10.5 Å². The second kappa shape index (κ2) is 6.79. The van der Waals surface area contributed by atoms with Crippen LogP contribution in [0.15, 0.2) is 29.2 Å². The van der Waals surface area contributed by atoms with Crippen molar-refractivity contribution in [2.75, 3.05) is 6.26 Å². The normalized spacial score (nSPS) is 11.6. The summed E-state index contributed by atoms with van der Waals surface area (Å²) in [5, 5.41) is 19.7. The molecule has 1 aromatic carbocycles. The SMILES string of the molecule is CSc1ccccc1C(=O)N[C@@H](CC(=O)O)C(=O)O. The van der Waals surface area contributed by atoms with Crippen LogP contribution in [0.25, 0.3) is 0 Å². The molecule has 6 nitrogen and oxygen atoms in total. The number of nitrogens with one attached hydrogen (secondary N) is 1. The summed E-state index contributed by atoms with van der Waals surface area (Å²) in [6.45, 7) is 0. The minimum Gasteiger partial charge on any atom is -0.481 e. The zero-order valence-electron chi connectivity index (χ0n) is 10.1. The van der Waals surface area contributed by atoms with Crippen LogP contribution in [0.2, 0.25) is 0 Å². The van der Waals surface area contributed by atoms with Crippen LogP contribution in [0.3, 0.4) is 0 Å². The van der Waals surface area contributed by atoms with Gasteiger partial charge in [-0.25, -0.2) is 4.79 Å². The summed E-state index contributed by atoms with van der Waals surface area (Å²) in [5.41, 5.74) is 0.326. The van der Waals surface area contributed by atoms with Crippen LogP contribution in [0, 0.1) is 0 Å². The Kier molecular flexibility index (Phi) is 5.37. The number of carboxylic acids is 2. The molecule has 7 heteroatoms. The number of rotatable bonds is 6. The Morgan fingerprint density at radius 1 is 1.26 bits per heavy atom. The molecule has 0 aromatic heterocycles. The van der Waals surface area contributed by atoms with E-state index in [0.717, 1.165) is 0 Å².